The van der Waals surface area contributed by atoms with E-state index in [1.807, 2.05) is 0 Å². The highest BCUT2D eigenvalue weighted by Gasteiger charge is 2.22. The molecule has 1 rings (SSSR count). The highest BCUT2D eigenvalue weighted by molar-refractivity contribution is 7.80. The molecule has 0 saturated heterocycles. The van der Waals surface area contributed by atoms with Crippen LogP contribution in [0.25, 0.3) is 0 Å². The minimum absolute atomic E-state index is 0.0518. The van der Waals surface area contributed by atoms with Gasteiger partial charge in [-0.1, -0.05) is 13.8 Å². The van der Waals surface area contributed by atoms with Gasteiger partial charge in [-0.3, -0.25) is 0 Å². The van der Waals surface area contributed by atoms with Gasteiger partial charge in [0.05, 0.1) is 0 Å². The van der Waals surface area contributed by atoms with Gasteiger partial charge in [0.15, 0.2) is 11.6 Å². The van der Waals surface area contributed by atoms with Crippen molar-refractivity contribution in [2.75, 3.05) is 0 Å². The van der Waals surface area contributed by atoms with Gasteiger partial charge >= 0.3 is 0 Å². The highest BCUT2D eigenvalue weighted by Crippen LogP contribution is 2.31. The fourth-order valence-electron chi connectivity index (χ4n) is 1.30. The standard InChI is InChI=1S/C10H11F3S/c1-4(2)6-7(11)5(3)10(14)9(13)8(6)12/h4,14H,1-3H3. The summed E-state index contributed by atoms with van der Waals surface area (Å²) in [5, 5.41) is 0. The Morgan fingerprint density at radius 1 is 1.00 bits per heavy atom. The van der Waals surface area contributed by atoms with Crippen LogP contribution in [-0.4, -0.2) is 0 Å². The molecule has 0 nitrogen and oxygen atoms in total. The molecule has 0 atom stereocenters. The van der Waals surface area contributed by atoms with Crippen LogP contribution in [0.15, 0.2) is 4.90 Å². The molecule has 0 aliphatic carbocycles. The van der Waals surface area contributed by atoms with Crippen LogP contribution in [0.3, 0.4) is 0 Å². The molecule has 0 radical (unpaired) electrons. The Labute approximate surface area is 86.5 Å². The minimum atomic E-state index is -1.13. The zero-order chi connectivity index (χ0) is 11.0. The van der Waals surface area contributed by atoms with E-state index in [1.165, 1.54) is 6.92 Å². The van der Waals surface area contributed by atoms with E-state index >= 15 is 0 Å². The summed E-state index contributed by atoms with van der Waals surface area (Å²) >= 11 is 3.71. The van der Waals surface area contributed by atoms with Crippen LogP contribution in [0.5, 0.6) is 0 Å². The van der Waals surface area contributed by atoms with Crippen molar-refractivity contribution in [1.29, 1.82) is 0 Å². The van der Waals surface area contributed by atoms with E-state index in [-0.39, 0.29) is 16.0 Å². The van der Waals surface area contributed by atoms with Crippen molar-refractivity contribution in [1.82, 2.24) is 0 Å². The fourth-order valence-corrected chi connectivity index (χ4v) is 1.49. The third kappa shape index (κ3) is 1.63. The van der Waals surface area contributed by atoms with Crippen molar-refractivity contribution in [2.24, 2.45) is 0 Å². The second-order valence-corrected chi connectivity index (χ2v) is 3.93. The molecule has 0 fully saturated rings. The van der Waals surface area contributed by atoms with E-state index in [9.17, 15) is 13.2 Å². The molecule has 14 heavy (non-hydrogen) atoms. The Morgan fingerprint density at radius 3 is 1.93 bits per heavy atom. The number of halogens is 3. The first-order chi connectivity index (χ1) is 6.37. The zero-order valence-corrected chi connectivity index (χ0v) is 9.05. The fraction of sp³-hybridized carbons (Fsp3) is 0.400. The number of thiol groups is 1. The van der Waals surface area contributed by atoms with E-state index in [4.69, 9.17) is 0 Å². The minimum Gasteiger partial charge on any atom is -0.206 e. The van der Waals surface area contributed by atoms with Crippen molar-refractivity contribution in [3.8, 4) is 0 Å². The van der Waals surface area contributed by atoms with Gasteiger partial charge in [0.2, 0.25) is 0 Å². The average molecular weight is 220 g/mol. The molecule has 0 aliphatic rings. The summed E-state index contributed by atoms with van der Waals surface area (Å²) in [7, 11) is 0. The van der Waals surface area contributed by atoms with Gasteiger partial charge in [0, 0.05) is 16.0 Å². The van der Waals surface area contributed by atoms with Crippen molar-refractivity contribution in [2.45, 2.75) is 31.6 Å². The normalized spacial score (nSPS) is 11.1. The Balaban J connectivity index is 3.60. The smallest absolute Gasteiger partial charge is 0.172 e. The first kappa shape index (κ1) is 11.4. The molecule has 4 heteroatoms. The van der Waals surface area contributed by atoms with Crippen molar-refractivity contribution >= 4 is 12.6 Å². The number of rotatable bonds is 1. The molecule has 0 N–H and O–H groups in total. The quantitative estimate of drug-likeness (QED) is 0.539. The molecular weight excluding hydrogens is 209 g/mol. The molecule has 0 spiro atoms. The van der Waals surface area contributed by atoms with Gasteiger partial charge in [-0.15, -0.1) is 12.6 Å². The molecule has 0 unspecified atom stereocenters. The summed E-state index contributed by atoms with van der Waals surface area (Å²) in [6.45, 7) is 4.60. The lowest BCUT2D eigenvalue weighted by atomic mass is 9.99. The monoisotopic (exact) mass is 220 g/mol. The maximum atomic E-state index is 13.5. The summed E-state index contributed by atoms with van der Waals surface area (Å²) < 4.78 is 40.0. The second kappa shape index (κ2) is 3.85. The van der Waals surface area contributed by atoms with Crippen LogP contribution in [0.2, 0.25) is 0 Å². The van der Waals surface area contributed by atoms with Gasteiger partial charge in [-0.2, -0.15) is 0 Å². The van der Waals surface area contributed by atoms with E-state index in [0.29, 0.717) is 0 Å². The number of hydrogen-bond acceptors (Lipinski definition) is 1. The second-order valence-electron chi connectivity index (χ2n) is 3.48. The lowest BCUT2D eigenvalue weighted by Crippen LogP contribution is -2.05. The summed E-state index contributed by atoms with van der Waals surface area (Å²) in [6, 6.07) is 0. The SMILES string of the molecule is Cc1c(F)c(C(C)C)c(F)c(F)c1S. The van der Waals surface area contributed by atoms with Gasteiger partial charge in [-0.05, 0) is 12.8 Å². The Kier molecular flexibility index (Phi) is 3.14. The van der Waals surface area contributed by atoms with Gasteiger partial charge < -0.3 is 0 Å². The summed E-state index contributed by atoms with van der Waals surface area (Å²) in [6.07, 6.45) is 0. The molecule has 0 heterocycles. The highest BCUT2D eigenvalue weighted by atomic mass is 32.1. The van der Waals surface area contributed by atoms with Crippen LogP contribution >= 0.6 is 12.6 Å². The molecule has 0 amide bonds. The van der Waals surface area contributed by atoms with E-state index < -0.39 is 23.4 Å². The molecule has 0 aromatic heterocycles. The first-order valence-electron chi connectivity index (χ1n) is 4.23. The van der Waals surface area contributed by atoms with Crippen LogP contribution in [0, 0.1) is 24.4 Å². The van der Waals surface area contributed by atoms with Crippen LogP contribution in [0.1, 0.15) is 30.9 Å². The third-order valence-corrected chi connectivity index (χ3v) is 2.67. The zero-order valence-electron chi connectivity index (χ0n) is 8.16. The van der Waals surface area contributed by atoms with E-state index in [1.54, 1.807) is 13.8 Å². The topological polar surface area (TPSA) is 0 Å². The van der Waals surface area contributed by atoms with Crippen molar-refractivity contribution in [3.05, 3.63) is 28.6 Å². The molecular formula is C10H11F3S. The molecule has 0 aliphatic heterocycles. The Morgan fingerprint density at radius 2 is 1.50 bits per heavy atom. The first-order valence-corrected chi connectivity index (χ1v) is 4.68. The molecule has 78 valence electrons. The average Bonchev–Trinajstić information content (AvgIpc) is 2.11. The largest absolute Gasteiger partial charge is 0.206 e. The Hall–Kier alpha value is -0.640. The summed E-state index contributed by atoms with van der Waals surface area (Å²) in [5.74, 6) is -3.30. The third-order valence-electron chi connectivity index (χ3n) is 2.14. The van der Waals surface area contributed by atoms with Crippen LogP contribution < -0.4 is 0 Å². The number of benzene rings is 1. The van der Waals surface area contributed by atoms with E-state index in [2.05, 4.69) is 12.6 Å². The molecule has 1 aromatic carbocycles. The lowest BCUT2D eigenvalue weighted by Gasteiger charge is -2.13. The van der Waals surface area contributed by atoms with Crippen molar-refractivity contribution in [3.63, 3.8) is 0 Å². The number of hydrogen-bond donors (Lipinski definition) is 1. The summed E-state index contributed by atoms with van der Waals surface area (Å²) in [4.78, 5) is -0.260. The lowest BCUT2D eigenvalue weighted by molar-refractivity contribution is 0.452. The maximum Gasteiger partial charge on any atom is 0.172 e. The molecule has 0 bridgehead atoms. The molecule has 1 aromatic rings. The van der Waals surface area contributed by atoms with Gasteiger partial charge in [-0.25, -0.2) is 13.2 Å². The van der Waals surface area contributed by atoms with Crippen molar-refractivity contribution < 1.29 is 13.2 Å². The van der Waals surface area contributed by atoms with Gasteiger partial charge in [0.1, 0.15) is 5.82 Å². The molecule has 0 saturated carbocycles. The van der Waals surface area contributed by atoms with Crippen LogP contribution in [0.4, 0.5) is 13.2 Å². The maximum absolute atomic E-state index is 13.5. The van der Waals surface area contributed by atoms with E-state index in [0.717, 1.165) is 0 Å². The van der Waals surface area contributed by atoms with Crippen LogP contribution in [-0.2, 0) is 0 Å². The Bertz CT molecular complexity index is 343. The predicted octanol–water partition coefficient (Wildman–Crippen LogP) is 3.82. The predicted molar refractivity (Wildman–Crippen MR) is 52.4 cm³/mol. The van der Waals surface area contributed by atoms with Gasteiger partial charge in [0.25, 0.3) is 0 Å². The summed E-state index contributed by atoms with van der Waals surface area (Å²) in [5.41, 5.74) is -0.159.